The molecule has 30 heavy (non-hydrogen) atoms. The van der Waals surface area contributed by atoms with Crippen LogP contribution in [0.2, 0.25) is 0 Å². The number of nitrogens with zero attached hydrogens (tertiary/aromatic N) is 4. The van der Waals surface area contributed by atoms with Crippen LogP contribution in [-0.4, -0.2) is 43.8 Å². The SMILES string of the molecule is CCn1c(CN2CCCCCC2=O)nnc1SCC(=O)Nc1ccccc1C(C)C. The summed E-state index contributed by atoms with van der Waals surface area (Å²) in [6.45, 7) is 8.20. The molecule has 0 aliphatic carbocycles. The zero-order valence-electron chi connectivity index (χ0n) is 18.1. The zero-order chi connectivity index (χ0) is 21.5. The van der Waals surface area contributed by atoms with E-state index in [2.05, 4.69) is 29.4 Å². The smallest absolute Gasteiger partial charge is 0.234 e. The van der Waals surface area contributed by atoms with E-state index in [0.29, 0.717) is 30.6 Å². The molecule has 3 rings (SSSR count). The lowest BCUT2D eigenvalue weighted by Crippen LogP contribution is -2.31. The molecule has 1 aromatic heterocycles. The number of nitrogens with one attached hydrogen (secondary N) is 1. The minimum absolute atomic E-state index is 0.0667. The number of amides is 2. The Morgan fingerprint density at radius 2 is 2.00 bits per heavy atom. The maximum Gasteiger partial charge on any atom is 0.234 e. The first kappa shape index (κ1) is 22.3. The molecule has 1 N–H and O–H groups in total. The van der Waals surface area contributed by atoms with Gasteiger partial charge in [-0.25, -0.2) is 0 Å². The van der Waals surface area contributed by atoms with Crippen molar-refractivity contribution in [2.75, 3.05) is 17.6 Å². The highest BCUT2D eigenvalue weighted by Crippen LogP contribution is 2.25. The van der Waals surface area contributed by atoms with Crippen LogP contribution in [0.15, 0.2) is 29.4 Å². The molecular weight excluding hydrogens is 398 g/mol. The van der Waals surface area contributed by atoms with Crippen LogP contribution in [0.1, 0.15) is 63.8 Å². The highest BCUT2D eigenvalue weighted by molar-refractivity contribution is 7.99. The van der Waals surface area contributed by atoms with Crippen LogP contribution in [0.3, 0.4) is 0 Å². The van der Waals surface area contributed by atoms with E-state index in [4.69, 9.17) is 0 Å². The topological polar surface area (TPSA) is 80.1 Å². The minimum atomic E-state index is -0.0667. The van der Waals surface area contributed by atoms with Crippen molar-refractivity contribution in [2.24, 2.45) is 0 Å². The number of rotatable bonds is 8. The fourth-order valence-corrected chi connectivity index (χ4v) is 4.49. The largest absolute Gasteiger partial charge is 0.335 e. The van der Waals surface area contributed by atoms with E-state index >= 15 is 0 Å². The Bertz CT molecular complexity index is 880. The number of hydrogen-bond donors (Lipinski definition) is 1. The second-order valence-electron chi connectivity index (χ2n) is 7.85. The quantitative estimate of drug-likeness (QED) is 0.640. The molecule has 1 aliphatic heterocycles. The fourth-order valence-electron chi connectivity index (χ4n) is 3.67. The molecule has 1 fully saturated rings. The Kier molecular flexibility index (Phi) is 7.90. The predicted molar refractivity (Wildman–Crippen MR) is 119 cm³/mol. The third-order valence-corrected chi connectivity index (χ3v) is 6.27. The standard InChI is InChI=1S/C22H31N5O2S/c1-4-27-19(14-26-13-9-5-6-12-21(26)29)24-25-22(27)30-15-20(28)23-18-11-8-7-10-17(18)16(2)3/h7-8,10-11,16H,4-6,9,12-15H2,1-3H3,(H,23,28). The summed E-state index contributed by atoms with van der Waals surface area (Å²) < 4.78 is 2.00. The van der Waals surface area contributed by atoms with E-state index in [-0.39, 0.29) is 17.6 Å². The van der Waals surface area contributed by atoms with Crippen LogP contribution in [0.5, 0.6) is 0 Å². The number of carbonyl (C=O) groups is 2. The molecule has 8 heteroatoms. The molecule has 2 heterocycles. The summed E-state index contributed by atoms with van der Waals surface area (Å²) in [5.41, 5.74) is 1.98. The summed E-state index contributed by atoms with van der Waals surface area (Å²) in [5, 5.41) is 12.3. The maximum absolute atomic E-state index is 12.5. The van der Waals surface area contributed by atoms with Crippen LogP contribution >= 0.6 is 11.8 Å². The highest BCUT2D eigenvalue weighted by atomic mass is 32.2. The summed E-state index contributed by atoms with van der Waals surface area (Å²) in [5.74, 6) is 1.49. The van der Waals surface area contributed by atoms with Crippen molar-refractivity contribution in [3.63, 3.8) is 0 Å². The van der Waals surface area contributed by atoms with Crippen molar-refractivity contribution in [1.29, 1.82) is 0 Å². The van der Waals surface area contributed by atoms with Crippen molar-refractivity contribution in [2.45, 2.75) is 70.6 Å². The van der Waals surface area contributed by atoms with Gasteiger partial charge in [0.1, 0.15) is 0 Å². The van der Waals surface area contributed by atoms with Gasteiger partial charge in [-0.2, -0.15) is 0 Å². The number of likely N-dealkylation sites (tertiary alicyclic amines) is 1. The van der Waals surface area contributed by atoms with Gasteiger partial charge in [0.05, 0.1) is 12.3 Å². The number of carbonyl (C=O) groups excluding carboxylic acids is 2. The van der Waals surface area contributed by atoms with Crippen molar-refractivity contribution in [1.82, 2.24) is 19.7 Å². The van der Waals surface area contributed by atoms with E-state index in [1.54, 1.807) is 0 Å². The molecule has 7 nitrogen and oxygen atoms in total. The highest BCUT2D eigenvalue weighted by Gasteiger charge is 2.21. The maximum atomic E-state index is 12.5. The molecule has 1 aliphatic rings. The normalized spacial score (nSPS) is 14.8. The van der Waals surface area contributed by atoms with E-state index < -0.39 is 0 Å². The van der Waals surface area contributed by atoms with Crippen LogP contribution in [0.4, 0.5) is 5.69 Å². The molecule has 1 saturated heterocycles. The van der Waals surface area contributed by atoms with E-state index in [1.807, 2.05) is 40.7 Å². The molecule has 2 aromatic rings. The van der Waals surface area contributed by atoms with Gasteiger partial charge < -0.3 is 14.8 Å². The number of aromatic nitrogens is 3. The Hall–Kier alpha value is -2.35. The van der Waals surface area contributed by atoms with Crippen LogP contribution in [0, 0.1) is 0 Å². The van der Waals surface area contributed by atoms with Crippen molar-refractivity contribution in [3.8, 4) is 0 Å². The second kappa shape index (κ2) is 10.6. The van der Waals surface area contributed by atoms with Crippen molar-refractivity contribution >= 4 is 29.3 Å². The first-order valence-electron chi connectivity index (χ1n) is 10.7. The third-order valence-electron chi connectivity index (χ3n) is 5.30. The first-order chi connectivity index (χ1) is 14.5. The van der Waals surface area contributed by atoms with Crippen LogP contribution in [-0.2, 0) is 22.7 Å². The number of anilines is 1. The molecule has 0 atom stereocenters. The summed E-state index contributed by atoms with van der Waals surface area (Å²) in [6.07, 6.45) is 3.70. The molecular formula is C22H31N5O2S. The molecule has 0 bridgehead atoms. The van der Waals surface area contributed by atoms with Crippen molar-refractivity contribution < 1.29 is 9.59 Å². The third kappa shape index (κ3) is 5.62. The number of para-hydroxylation sites is 1. The average molecular weight is 430 g/mol. The van der Waals surface area contributed by atoms with Gasteiger partial charge in [-0.1, -0.05) is 50.2 Å². The minimum Gasteiger partial charge on any atom is -0.335 e. The summed E-state index contributed by atoms with van der Waals surface area (Å²) >= 11 is 1.37. The van der Waals surface area contributed by atoms with Gasteiger partial charge in [-0.3, -0.25) is 9.59 Å². The molecule has 0 unspecified atom stereocenters. The lowest BCUT2D eigenvalue weighted by molar-refractivity contribution is -0.131. The van der Waals surface area contributed by atoms with Gasteiger partial charge in [0.2, 0.25) is 11.8 Å². The zero-order valence-corrected chi connectivity index (χ0v) is 18.9. The van der Waals surface area contributed by atoms with E-state index in [0.717, 1.165) is 42.9 Å². The summed E-state index contributed by atoms with van der Waals surface area (Å²) in [4.78, 5) is 26.7. The van der Waals surface area contributed by atoms with Gasteiger partial charge in [-0.15, -0.1) is 10.2 Å². The molecule has 0 spiro atoms. The van der Waals surface area contributed by atoms with Gasteiger partial charge in [0, 0.05) is 25.2 Å². The van der Waals surface area contributed by atoms with E-state index in [1.165, 1.54) is 11.8 Å². The Morgan fingerprint density at radius 1 is 1.20 bits per heavy atom. The molecule has 1 aromatic carbocycles. The Labute approximate surface area is 182 Å². The molecule has 0 saturated carbocycles. The lowest BCUT2D eigenvalue weighted by atomic mass is 10.0. The predicted octanol–water partition coefficient (Wildman–Crippen LogP) is 4.05. The Morgan fingerprint density at radius 3 is 2.77 bits per heavy atom. The average Bonchev–Trinajstić information content (AvgIpc) is 3.00. The van der Waals surface area contributed by atoms with Crippen LogP contribution in [0.25, 0.3) is 0 Å². The molecule has 2 amide bonds. The monoisotopic (exact) mass is 429 g/mol. The summed E-state index contributed by atoms with van der Waals surface area (Å²) in [7, 11) is 0. The first-order valence-corrected chi connectivity index (χ1v) is 11.7. The molecule has 162 valence electrons. The van der Waals surface area contributed by atoms with Gasteiger partial charge in [0.15, 0.2) is 11.0 Å². The fraction of sp³-hybridized carbons (Fsp3) is 0.545. The molecule has 0 radical (unpaired) electrons. The summed E-state index contributed by atoms with van der Waals surface area (Å²) in [6, 6.07) is 7.89. The van der Waals surface area contributed by atoms with Crippen molar-refractivity contribution in [3.05, 3.63) is 35.7 Å². The van der Waals surface area contributed by atoms with Gasteiger partial charge >= 0.3 is 0 Å². The van der Waals surface area contributed by atoms with Crippen LogP contribution < -0.4 is 5.32 Å². The second-order valence-corrected chi connectivity index (χ2v) is 8.79. The number of thioether (sulfide) groups is 1. The number of hydrogen-bond acceptors (Lipinski definition) is 5. The van der Waals surface area contributed by atoms with E-state index in [9.17, 15) is 9.59 Å². The van der Waals surface area contributed by atoms with Gasteiger partial charge in [0.25, 0.3) is 0 Å². The lowest BCUT2D eigenvalue weighted by Gasteiger charge is -2.20. The Balaban J connectivity index is 1.62. The number of benzene rings is 1. The van der Waals surface area contributed by atoms with Gasteiger partial charge in [-0.05, 0) is 37.3 Å².